The van der Waals surface area contributed by atoms with Gasteiger partial charge in [0.25, 0.3) is 11.8 Å². The summed E-state index contributed by atoms with van der Waals surface area (Å²) in [5.41, 5.74) is -1.30. The minimum absolute atomic E-state index is 0.00944. The molecule has 12 nitrogen and oxygen atoms in total. The molecule has 1 heterocycles. The van der Waals surface area contributed by atoms with Gasteiger partial charge in [0.1, 0.15) is 17.1 Å². The number of carbonyl (C=O) groups excluding carboxylic acids is 3. The Morgan fingerprint density at radius 2 is 1.67 bits per heavy atom. The normalized spacial score (nSPS) is 14.8. The molecule has 0 aromatic heterocycles. The molecule has 1 saturated heterocycles. The average molecular weight is 478 g/mol. The average Bonchev–Trinajstić information content (AvgIpc) is 2.77. The van der Waals surface area contributed by atoms with Gasteiger partial charge in [0, 0.05) is 18.2 Å². The highest BCUT2D eigenvalue weighted by molar-refractivity contribution is 6.39. The second-order valence-corrected chi connectivity index (χ2v) is 6.87. The van der Waals surface area contributed by atoms with Gasteiger partial charge in [-0.15, -0.1) is 0 Å². The number of hydrogen-bond acceptors (Lipinski definition) is 9. The number of carbonyl (C=O) groups is 3. The fraction of sp³-hybridized carbons (Fsp3) is 0.150. The molecule has 3 rings (SSSR count). The second-order valence-electron chi connectivity index (χ2n) is 6.46. The first kappa shape index (κ1) is 23.3. The summed E-state index contributed by atoms with van der Waals surface area (Å²) in [6.07, 6.45) is 1.02. The number of benzene rings is 2. The number of nitro groups is 1. The molecule has 2 aromatic rings. The van der Waals surface area contributed by atoms with Crippen molar-refractivity contribution in [2.75, 3.05) is 26.2 Å². The van der Waals surface area contributed by atoms with Gasteiger partial charge in [0.05, 0.1) is 37.0 Å². The number of hydrogen-bond donors (Lipinski definition) is 2. The molecule has 13 heteroatoms. The number of nitro benzene ring substituents is 1. The van der Waals surface area contributed by atoms with E-state index < -0.39 is 39.8 Å². The maximum absolute atomic E-state index is 13.2. The molecular weight excluding hydrogens is 462 g/mol. The molecule has 172 valence electrons. The number of aromatic hydroxyl groups is 1. The van der Waals surface area contributed by atoms with E-state index in [0.29, 0.717) is 4.90 Å². The zero-order chi connectivity index (χ0) is 24.4. The van der Waals surface area contributed by atoms with E-state index in [2.05, 4.69) is 0 Å². The smallest absolute Gasteiger partial charge is 0.336 e. The van der Waals surface area contributed by atoms with Crippen LogP contribution in [-0.2, 0) is 9.59 Å². The number of phenols is 1. The van der Waals surface area contributed by atoms with Crippen molar-refractivity contribution >= 4 is 46.9 Å². The number of anilines is 1. The van der Waals surface area contributed by atoms with Crippen molar-refractivity contribution in [2.24, 2.45) is 0 Å². The number of phenolic OH excluding ortho intramolecular Hbond substituents is 1. The quantitative estimate of drug-likeness (QED) is 0.276. The van der Waals surface area contributed by atoms with Gasteiger partial charge in [0.15, 0.2) is 5.75 Å². The number of methoxy groups -OCH3 is 3. The van der Waals surface area contributed by atoms with E-state index in [1.165, 1.54) is 39.5 Å². The molecule has 1 fully saturated rings. The summed E-state index contributed by atoms with van der Waals surface area (Å²) < 4.78 is 15.2. The summed E-state index contributed by atoms with van der Waals surface area (Å²) in [5, 5.41) is 23.3. The van der Waals surface area contributed by atoms with Crippen LogP contribution >= 0.6 is 11.6 Å². The van der Waals surface area contributed by atoms with Crippen molar-refractivity contribution in [1.82, 2.24) is 5.32 Å². The maximum Gasteiger partial charge on any atom is 0.336 e. The number of rotatable bonds is 6. The van der Waals surface area contributed by atoms with Gasteiger partial charge in [-0.1, -0.05) is 11.6 Å². The number of urea groups is 1. The van der Waals surface area contributed by atoms with E-state index in [9.17, 15) is 29.6 Å². The summed E-state index contributed by atoms with van der Waals surface area (Å²) in [4.78, 5) is 49.1. The topological polar surface area (TPSA) is 158 Å². The molecule has 2 aromatic carbocycles. The molecule has 0 aliphatic carbocycles. The van der Waals surface area contributed by atoms with E-state index in [4.69, 9.17) is 25.8 Å². The van der Waals surface area contributed by atoms with Crippen molar-refractivity contribution in [2.45, 2.75) is 0 Å². The lowest BCUT2D eigenvalue weighted by molar-refractivity contribution is -0.386. The van der Waals surface area contributed by atoms with Gasteiger partial charge in [-0.25, -0.2) is 9.69 Å². The van der Waals surface area contributed by atoms with Crippen molar-refractivity contribution in [3.8, 4) is 23.0 Å². The zero-order valence-electron chi connectivity index (χ0n) is 17.4. The van der Waals surface area contributed by atoms with E-state index in [1.54, 1.807) is 0 Å². The summed E-state index contributed by atoms with van der Waals surface area (Å²) in [7, 11) is 3.79. The van der Waals surface area contributed by atoms with Gasteiger partial charge < -0.3 is 19.3 Å². The fourth-order valence-corrected chi connectivity index (χ4v) is 3.28. The Hall–Kier alpha value is -4.32. The van der Waals surface area contributed by atoms with Crippen LogP contribution in [-0.4, -0.2) is 49.2 Å². The Labute approximate surface area is 191 Å². The van der Waals surface area contributed by atoms with Crippen molar-refractivity contribution in [3.05, 3.63) is 50.5 Å². The van der Waals surface area contributed by atoms with Crippen LogP contribution in [0.1, 0.15) is 5.56 Å². The predicted octanol–water partition coefficient (Wildman–Crippen LogP) is 2.65. The summed E-state index contributed by atoms with van der Waals surface area (Å²) >= 11 is 6.07. The van der Waals surface area contributed by atoms with Crippen LogP contribution < -0.4 is 24.4 Å². The van der Waals surface area contributed by atoms with E-state index in [0.717, 1.165) is 12.1 Å². The second kappa shape index (κ2) is 9.04. The lowest BCUT2D eigenvalue weighted by Crippen LogP contribution is -2.54. The van der Waals surface area contributed by atoms with Crippen LogP contribution in [0.2, 0.25) is 5.02 Å². The van der Waals surface area contributed by atoms with E-state index in [-0.39, 0.29) is 33.5 Å². The molecule has 0 saturated carbocycles. The fourth-order valence-electron chi connectivity index (χ4n) is 3.05. The number of ether oxygens (including phenoxy) is 3. The van der Waals surface area contributed by atoms with Crippen molar-refractivity contribution in [1.29, 1.82) is 0 Å². The predicted molar refractivity (Wildman–Crippen MR) is 115 cm³/mol. The highest BCUT2D eigenvalue weighted by Crippen LogP contribution is 2.40. The molecule has 1 aliphatic rings. The number of nitrogens with zero attached hydrogens (tertiary/aromatic N) is 2. The standard InChI is InChI=1S/C20H16ClN3O9/c1-31-14-8-12(15(32-2)7-11(14)21)23-19(27)10(18(26)22-20(23)28)4-9-5-13(24(29)30)17(25)16(6-9)33-3/h4-8,25H,1-3H3,(H,22,26,28). The summed E-state index contributed by atoms with van der Waals surface area (Å²) in [5.74, 6) is -2.87. The number of nitrogens with one attached hydrogen (secondary N) is 1. The highest BCUT2D eigenvalue weighted by Gasteiger charge is 2.39. The van der Waals surface area contributed by atoms with Crippen LogP contribution in [0.5, 0.6) is 23.0 Å². The van der Waals surface area contributed by atoms with Crippen molar-refractivity contribution < 1.29 is 38.6 Å². The maximum atomic E-state index is 13.2. The highest BCUT2D eigenvalue weighted by atomic mass is 35.5. The number of imide groups is 2. The lowest BCUT2D eigenvalue weighted by Gasteiger charge is -2.28. The Balaban J connectivity index is 2.15. The Morgan fingerprint density at radius 1 is 1.03 bits per heavy atom. The zero-order valence-corrected chi connectivity index (χ0v) is 18.1. The third-order valence-corrected chi connectivity index (χ3v) is 4.90. The van der Waals surface area contributed by atoms with Crippen LogP contribution in [0.4, 0.5) is 16.2 Å². The Morgan fingerprint density at radius 3 is 2.24 bits per heavy atom. The van der Waals surface area contributed by atoms with Crippen LogP contribution in [0.25, 0.3) is 6.08 Å². The SMILES string of the molecule is COc1cc(N2C(=O)NC(=O)C(=Cc3cc(OC)c(O)c([N+](=O)[O-])c3)C2=O)c(OC)cc1Cl. The molecule has 0 spiro atoms. The monoisotopic (exact) mass is 477 g/mol. The largest absolute Gasteiger partial charge is 0.500 e. The minimum atomic E-state index is -1.06. The molecular formula is C20H16ClN3O9. The third kappa shape index (κ3) is 4.23. The minimum Gasteiger partial charge on any atom is -0.500 e. The first-order chi connectivity index (χ1) is 15.6. The molecule has 33 heavy (non-hydrogen) atoms. The number of halogens is 1. The summed E-state index contributed by atoms with van der Waals surface area (Å²) in [6.45, 7) is 0. The molecule has 0 radical (unpaired) electrons. The third-order valence-electron chi connectivity index (χ3n) is 4.60. The van der Waals surface area contributed by atoms with Gasteiger partial charge in [-0.2, -0.15) is 0 Å². The lowest BCUT2D eigenvalue weighted by atomic mass is 10.1. The number of amides is 4. The molecule has 0 atom stereocenters. The van der Waals surface area contributed by atoms with Gasteiger partial charge >= 0.3 is 11.7 Å². The molecule has 2 N–H and O–H groups in total. The molecule has 0 bridgehead atoms. The van der Waals surface area contributed by atoms with Crippen molar-refractivity contribution in [3.63, 3.8) is 0 Å². The Bertz CT molecular complexity index is 1230. The molecule has 0 unspecified atom stereocenters. The van der Waals surface area contributed by atoms with Crippen LogP contribution in [0.15, 0.2) is 29.8 Å². The Kier molecular flexibility index (Phi) is 6.40. The first-order valence-electron chi connectivity index (χ1n) is 9.01. The van der Waals surface area contributed by atoms with Gasteiger partial charge in [-0.05, 0) is 17.7 Å². The van der Waals surface area contributed by atoms with Crippen LogP contribution in [0.3, 0.4) is 0 Å². The van der Waals surface area contributed by atoms with Gasteiger partial charge in [-0.3, -0.25) is 25.0 Å². The molecule has 1 aliphatic heterocycles. The van der Waals surface area contributed by atoms with E-state index >= 15 is 0 Å². The molecule has 4 amide bonds. The van der Waals surface area contributed by atoms with Crippen LogP contribution in [0, 0.1) is 10.1 Å². The first-order valence-corrected chi connectivity index (χ1v) is 9.39. The van der Waals surface area contributed by atoms with Gasteiger partial charge in [0.2, 0.25) is 5.75 Å². The number of barbiturate groups is 1. The van der Waals surface area contributed by atoms with E-state index in [1.807, 2.05) is 5.32 Å². The summed E-state index contributed by atoms with van der Waals surface area (Å²) in [6, 6.07) is 3.67.